The molecule has 3 atom stereocenters. The van der Waals surface area contributed by atoms with Crippen molar-refractivity contribution in [3.8, 4) is 0 Å². The summed E-state index contributed by atoms with van der Waals surface area (Å²) in [6.45, 7) is 4.29. The summed E-state index contributed by atoms with van der Waals surface area (Å²) in [5, 5.41) is 3.47. The molecular weight excluding hydrogens is 246 g/mol. The first-order valence-electron chi connectivity index (χ1n) is 8.44. The highest BCUT2D eigenvalue weighted by molar-refractivity contribution is 5.30. The Kier molecular flexibility index (Phi) is 3.25. The van der Waals surface area contributed by atoms with Crippen LogP contribution in [0, 0.1) is 11.8 Å². The van der Waals surface area contributed by atoms with Crippen molar-refractivity contribution in [3.63, 3.8) is 0 Å². The minimum atomic E-state index is 0.664. The van der Waals surface area contributed by atoms with Crippen molar-refractivity contribution in [1.29, 1.82) is 0 Å². The van der Waals surface area contributed by atoms with Crippen molar-refractivity contribution in [1.82, 2.24) is 15.3 Å². The number of nitrogens with zero attached hydrogens (tertiary/aromatic N) is 2. The first-order chi connectivity index (χ1) is 9.85. The highest BCUT2D eigenvalue weighted by Gasteiger charge is 2.42. The first-order valence-corrected chi connectivity index (χ1v) is 8.44. The summed E-state index contributed by atoms with van der Waals surface area (Å²) in [7, 11) is 0. The summed E-state index contributed by atoms with van der Waals surface area (Å²) < 4.78 is 0. The van der Waals surface area contributed by atoms with Gasteiger partial charge in [-0.25, -0.2) is 9.97 Å². The van der Waals surface area contributed by atoms with E-state index in [4.69, 9.17) is 9.97 Å². The normalized spacial score (nSPS) is 31.6. The van der Waals surface area contributed by atoms with Crippen molar-refractivity contribution in [3.05, 3.63) is 22.8 Å². The maximum Gasteiger partial charge on any atom is 0.132 e. The lowest BCUT2D eigenvalue weighted by Gasteiger charge is -2.25. The fraction of sp³-hybridized carbons (Fsp3) is 0.765. The van der Waals surface area contributed by atoms with Gasteiger partial charge in [0, 0.05) is 18.2 Å². The minimum absolute atomic E-state index is 0.664. The Bertz CT molecular complexity index is 511. The fourth-order valence-electron chi connectivity index (χ4n) is 4.63. The van der Waals surface area contributed by atoms with Gasteiger partial charge in [0.15, 0.2) is 0 Å². The van der Waals surface area contributed by atoms with E-state index in [1.165, 1.54) is 54.9 Å². The number of rotatable bonds is 3. The Morgan fingerprint density at radius 3 is 2.90 bits per heavy atom. The smallest absolute Gasteiger partial charge is 0.132 e. The van der Waals surface area contributed by atoms with Gasteiger partial charge < -0.3 is 5.32 Å². The molecule has 0 aromatic carbocycles. The Morgan fingerprint density at radius 2 is 2.15 bits per heavy atom. The highest BCUT2D eigenvalue weighted by Crippen LogP contribution is 2.52. The van der Waals surface area contributed by atoms with Gasteiger partial charge >= 0.3 is 0 Å². The average molecular weight is 271 g/mol. The number of aromatic nitrogens is 2. The van der Waals surface area contributed by atoms with E-state index in [1.807, 2.05) is 0 Å². The van der Waals surface area contributed by atoms with Crippen LogP contribution in [-0.2, 0) is 19.4 Å². The number of fused-ring (bicyclic) bond motifs is 3. The lowest BCUT2D eigenvalue weighted by atomic mass is 9.87. The largest absolute Gasteiger partial charge is 0.311 e. The zero-order chi connectivity index (χ0) is 13.5. The topological polar surface area (TPSA) is 37.8 Å². The van der Waals surface area contributed by atoms with E-state index in [9.17, 15) is 0 Å². The molecule has 4 rings (SSSR count). The molecule has 3 nitrogen and oxygen atoms in total. The van der Waals surface area contributed by atoms with Gasteiger partial charge in [-0.2, -0.15) is 0 Å². The van der Waals surface area contributed by atoms with Gasteiger partial charge in [-0.15, -0.1) is 0 Å². The summed E-state index contributed by atoms with van der Waals surface area (Å²) >= 11 is 0. The quantitative estimate of drug-likeness (QED) is 0.918. The van der Waals surface area contributed by atoms with Crippen LogP contribution < -0.4 is 5.32 Å². The molecule has 1 aromatic rings. The molecule has 2 bridgehead atoms. The van der Waals surface area contributed by atoms with Crippen LogP contribution >= 0.6 is 0 Å². The predicted octanol–water partition coefficient (Wildman–Crippen LogP) is 2.98. The second-order valence-electron chi connectivity index (χ2n) is 6.91. The van der Waals surface area contributed by atoms with Gasteiger partial charge in [-0.1, -0.05) is 19.8 Å². The van der Waals surface area contributed by atoms with Gasteiger partial charge in [0.25, 0.3) is 0 Å². The molecule has 3 aliphatic rings. The number of hydrogen-bond acceptors (Lipinski definition) is 3. The SMILES string of the molecule is CCCc1nc(C2CC3CCC2C3)nc2c1CCNC2. The Morgan fingerprint density at radius 1 is 1.20 bits per heavy atom. The zero-order valence-corrected chi connectivity index (χ0v) is 12.5. The second kappa shape index (κ2) is 5.10. The molecule has 0 saturated heterocycles. The van der Waals surface area contributed by atoms with E-state index in [1.54, 1.807) is 0 Å². The summed E-state index contributed by atoms with van der Waals surface area (Å²) in [4.78, 5) is 10.0. The Hall–Kier alpha value is -0.960. The van der Waals surface area contributed by atoms with Crippen LogP contribution in [0.2, 0.25) is 0 Å². The van der Waals surface area contributed by atoms with Crippen LogP contribution in [0.1, 0.15) is 67.7 Å². The summed E-state index contributed by atoms with van der Waals surface area (Å²) in [6, 6.07) is 0. The molecule has 2 saturated carbocycles. The molecule has 3 unspecified atom stereocenters. The molecule has 2 aliphatic carbocycles. The lowest BCUT2D eigenvalue weighted by Crippen LogP contribution is -2.28. The summed E-state index contributed by atoms with van der Waals surface area (Å²) in [5.74, 6) is 3.70. The first kappa shape index (κ1) is 12.8. The zero-order valence-electron chi connectivity index (χ0n) is 12.5. The monoisotopic (exact) mass is 271 g/mol. The van der Waals surface area contributed by atoms with E-state index < -0.39 is 0 Å². The van der Waals surface area contributed by atoms with Gasteiger partial charge in [-0.05, 0) is 56.0 Å². The summed E-state index contributed by atoms with van der Waals surface area (Å²) in [5.41, 5.74) is 4.11. The molecule has 1 N–H and O–H groups in total. The lowest BCUT2D eigenvalue weighted by molar-refractivity contribution is 0.401. The van der Waals surface area contributed by atoms with E-state index in [0.717, 1.165) is 37.8 Å². The number of nitrogens with one attached hydrogen (secondary N) is 1. The maximum atomic E-state index is 5.04. The maximum absolute atomic E-state index is 5.04. The summed E-state index contributed by atoms with van der Waals surface area (Å²) in [6.07, 6.45) is 9.08. The molecule has 1 aromatic heterocycles. The van der Waals surface area contributed by atoms with E-state index in [-0.39, 0.29) is 0 Å². The average Bonchev–Trinajstić information content (AvgIpc) is 3.10. The fourth-order valence-corrected chi connectivity index (χ4v) is 4.63. The van der Waals surface area contributed by atoms with Crippen LogP contribution in [-0.4, -0.2) is 16.5 Å². The van der Waals surface area contributed by atoms with Crippen molar-refractivity contribution < 1.29 is 0 Å². The third kappa shape index (κ3) is 2.07. The van der Waals surface area contributed by atoms with Gasteiger partial charge in [-0.3, -0.25) is 0 Å². The molecule has 2 fully saturated rings. The van der Waals surface area contributed by atoms with E-state index in [0.29, 0.717) is 5.92 Å². The van der Waals surface area contributed by atoms with Crippen molar-refractivity contribution in [2.24, 2.45) is 11.8 Å². The molecule has 0 radical (unpaired) electrons. The second-order valence-corrected chi connectivity index (χ2v) is 6.91. The molecule has 108 valence electrons. The molecule has 0 spiro atoms. The van der Waals surface area contributed by atoms with Gasteiger partial charge in [0.05, 0.1) is 5.69 Å². The predicted molar refractivity (Wildman–Crippen MR) is 79.6 cm³/mol. The van der Waals surface area contributed by atoms with Crippen LogP contribution in [0.5, 0.6) is 0 Å². The van der Waals surface area contributed by atoms with Crippen molar-refractivity contribution >= 4 is 0 Å². The van der Waals surface area contributed by atoms with E-state index in [2.05, 4.69) is 12.2 Å². The standard InChI is InChI=1S/C17H25N3/c1-2-3-15-13-6-7-18-10-16(13)20-17(19-15)14-9-11-4-5-12(14)8-11/h11-12,14,18H,2-10H2,1H3. The molecule has 20 heavy (non-hydrogen) atoms. The van der Waals surface area contributed by atoms with Crippen molar-refractivity contribution in [2.75, 3.05) is 6.54 Å². The van der Waals surface area contributed by atoms with E-state index >= 15 is 0 Å². The molecule has 3 heteroatoms. The minimum Gasteiger partial charge on any atom is -0.311 e. The van der Waals surface area contributed by atoms with Crippen molar-refractivity contribution in [2.45, 2.75) is 64.3 Å². The van der Waals surface area contributed by atoms with Crippen LogP contribution in [0.25, 0.3) is 0 Å². The number of hydrogen-bond donors (Lipinski definition) is 1. The van der Waals surface area contributed by atoms with Crippen LogP contribution in [0.4, 0.5) is 0 Å². The molecular formula is C17H25N3. The molecule has 1 aliphatic heterocycles. The van der Waals surface area contributed by atoms with Crippen LogP contribution in [0.15, 0.2) is 0 Å². The number of aryl methyl sites for hydroxylation is 1. The Labute approximate surface area is 121 Å². The third-order valence-corrected chi connectivity index (χ3v) is 5.60. The molecule has 2 heterocycles. The van der Waals surface area contributed by atoms with Gasteiger partial charge in [0.1, 0.15) is 5.82 Å². The Balaban J connectivity index is 1.71. The molecule has 0 amide bonds. The van der Waals surface area contributed by atoms with Crippen LogP contribution in [0.3, 0.4) is 0 Å². The third-order valence-electron chi connectivity index (χ3n) is 5.60. The van der Waals surface area contributed by atoms with Gasteiger partial charge in [0.2, 0.25) is 0 Å². The highest BCUT2D eigenvalue weighted by atomic mass is 15.0.